The third-order valence-electron chi connectivity index (χ3n) is 4.46. The Morgan fingerprint density at radius 1 is 1.32 bits per heavy atom. The Balaban J connectivity index is 1.56. The number of anilines is 2. The summed E-state index contributed by atoms with van der Waals surface area (Å²) in [7, 11) is 0. The van der Waals surface area contributed by atoms with Crippen LogP contribution in [0.1, 0.15) is 34.9 Å². The summed E-state index contributed by atoms with van der Waals surface area (Å²) in [6.07, 6.45) is 5.96. The maximum Gasteiger partial charge on any atom is 0.269 e. The first-order valence-corrected chi connectivity index (χ1v) is 8.08. The molecule has 25 heavy (non-hydrogen) atoms. The van der Waals surface area contributed by atoms with Gasteiger partial charge < -0.3 is 11.1 Å². The van der Waals surface area contributed by atoms with Gasteiger partial charge in [0.1, 0.15) is 5.52 Å². The van der Waals surface area contributed by atoms with Crippen molar-refractivity contribution >= 4 is 33.8 Å². The van der Waals surface area contributed by atoms with Gasteiger partial charge in [-0.15, -0.1) is 0 Å². The summed E-state index contributed by atoms with van der Waals surface area (Å²) in [4.78, 5) is 15.9. The van der Waals surface area contributed by atoms with Crippen LogP contribution < -0.4 is 11.1 Å². The van der Waals surface area contributed by atoms with Crippen molar-refractivity contribution < 1.29 is 4.79 Å². The van der Waals surface area contributed by atoms with Gasteiger partial charge in [0, 0.05) is 29.4 Å². The minimum absolute atomic E-state index is 0.227. The molecule has 0 bridgehead atoms. The first kappa shape index (κ1) is 14.0. The van der Waals surface area contributed by atoms with Gasteiger partial charge in [-0.3, -0.25) is 9.89 Å². The average molecular weight is 333 g/mol. The molecule has 8 nitrogen and oxygen atoms in total. The summed E-state index contributed by atoms with van der Waals surface area (Å²) in [6.45, 7) is 0. The lowest BCUT2D eigenvalue weighted by atomic mass is 10.2. The molecule has 1 fully saturated rings. The second-order valence-corrected chi connectivity index (χ2v) is 6.27. The smallest absolute Gasteiger partial charge is 0.269 e. The summed E-state index contributed by atoms with van der Waals surface area (Å²) in [6, 6.07) is 7.67. The van der Waals surface area contributed by atoms with Crippen molar-refractivity contribution in [2.45, 2.75) is 18.8 Å². The number of nitrogens with two attached hydrogens (primary N) is 1. The predicted molar refractivity (Wildman–Crippen MR) is 92.9 cm³/mol. The number of hydrogen-bond donors (Lipinski definition) is 3. The average Bonchev–Trinajstić information content (AvgIpc) is 3.21. The van der Waals surface area contributed by atoms with E-state index in [9.17, 15) is 4.79 Å². The van der Waals surface area contributed by atoms with Crippen LogP contribution in [0.5, 0.6) is 0 Å². The zero-order chi connectivity index (χ0) is 17.0. The molecule has 0 aliphatic heterocycles. The summed E-state index contributed by atoms with van der Waals surface area (Å²) >= 11 is 0. The van der Waals surface area contributed by atoms with Gasteiger partial charge in [-0.2, -0.15) is 10.2 Å². The van der Waals surface area contributed by atoms with Crippen LogP contribution in [0.15, 0.2) is 36.7 Å². The lowest BCUT2D eigenvalue weighted by Crippen LogP contribution is -2.11. The van der Waals surface area contributed by atoms with E-state index >= 15 is 0 Å². The van der Waals surface area contributed by atoms with Crippen LogP contribution in [-0.2, 0) is 0 Å². The Morgan fingerprint density at radius 3 is 3.00 bits per heavy atom. The molecule has 3 heterocycles. The third-order valence-corrected chi connectivity index (χ3v) is 4.46. The third kappa shape index (κ3) is 2.30. The number of hydrogen-bond acceptors (Lipinski definition) is 5. The summed E-state index contributed by atoms with van der Waals surface area (Å²) in [5.41, 5.74) is 9.18. The number of benzene rings is 1. The number of nitrogens with one attached hydrogen (secondary N) is 2. The van der Waals surface area contributed by atoms with E-state index in [1.807, 2.05) is 28.9 Å². The van der Waals surface area contributed by atoms with Crippen molar-refractivity contribution in [3.05, 3.63) is 48.0 Å². The summed E-state index contributed by atoms with van der Waals surface area (Å²) in [5.74, 6) is 0.729. The first-order chi connectivity index (χ1) is 12.2. The van der Waals surface area contributed by atoms with Crippen LogP contribution in [0, 0.1) is 0 Å². The number of rotatable bonds is 4. The van der Waals surface area contributed by atoms with E-state index in [0.29, 0.717) is 17.1 Å². The fourth-order valence-electron chi connectivity index (χ4n) is 3.03. The van der Waals surface area contributed by atoms with Crippen molar-refractivity contribution in [3.63, 3.8) is 0 Å². The number of carbonyl (C=O) groups is 1. The minimum atomic E-state index is -0.562. The maximum absolute atomic E-state index is 11.5. The lowest BCUT2D eigenvalue weighted by molar-refractivity contribution is 0.0997. The summed E-state index contributed by atoms with van der Waals surface area (Å²) < 4.78 is 1.84. The fourth-order valence-corrected chi connectivity index (χ4v) is 3.03. The molecule has 1 amide bonds. The summed E-state index contributed by atoms with van der Waals surface area (Å²) in [5, 5.41) is 15.4. The molecule has 1 saturated carbocycles. The fraction of sp³-hybridized carbons (Fsp3) is 0.176. The zero-order valence-electron chi connectivity index (χ0n) is 13.2. The molecule has 124 valence electrons. The van der Waals surface area contributed by atoms with Crippen LogP contribution in [-0.4, -0.2) is 30.7 Å². The number of fused-ring (bicyclic) bond motifs is 2. The van der Waals surface area contributed by atoms with Crippen molar-refractivity contribution in [1.29, 1.82) is 0 Å². The van der Waals surface area contributed by atoms with Crippen LogP contribution in [0.25, 0.3) is 16.4 Å². The maximum atomic E-state index is 11.5. The number of carbonyl (C=O) groups excluding carboxylic acids is 1. The van der Waals surface area contributed by atoms with Crippen LogP contribution in [0.4, 0.5) is 11.5 Å². The minimum Gasteiger partial charge on any atom is -0.364 e. The molecule has 0 radical (unpaired) electrons. The Bertz CT molecular complexity index is 1120. The molecule has 0 atom stereocenters. The van der Waals surface area contributed by atoms with Gasteiger partial charge >= 0.3 is 0 Å². The number of primary amides is 1. The largest absolute Gasteiger partial charge is 0.364 e. The van der Waals surface area contributed by atoms with Gasteiger partial charge in [-0.1, -0.05) is 0 Å². The molecule has 4 aromatic rings. The van der Waals surface area contributed by atoms with Crippen molar-refractivity contribution in [3.8, 4) is 0 Å². The molecule has 0 unspecified atom stereocenters. The molecule has 8 heteroatoms. The topological polar surface area (TPSA) is 114 Å². The predicted octanol–water partition coefficient (Wildman–Crippen LogP) is 2.33. The number of amides is 1. The van der Waals surface area contributed by atoms with E-state index < -0.39 is 5.91 Å². The van der Waals surface area contributed by atoms with Crippen molar-refractivity contribution in [2.75, 3.05) is 5.32 Å². The molecular formula is C17H15N7O. The number of aromatic nitrogens is 5. The van der Waals surface area contributed by atoms with E-state index in [-0.39, 0.29) is 5.69 Å². The van der Waals surface area contributed by atoms with E-state index in [2.05, 4.69) is 31.7 Å². The highest BCUT2D eigenvalue weighted by atomic mass is 16.1. The first-order valence-electron chi connectivity index (χ1n) is 8.08. The van der Waals surface area contributed by atoms with E-state index in [1.54, 1.807) is 6.20 Å². The zero-order valence-corrected chi connectivity index (χ0v) is 13.2. The lowest BCUT2D eigenvalue weighted by Gasteiger charge is -2.07. The van der Waals surface area contributed by atoms with Crippen LogP contribution >= 0.6 is 0 Å². The molecule has 5 rings (SSSR count). The van der Waals surface area contributed by atoms with Gasteiger partial charge in [0.25, 0.3) is 5.91 Å². The molecule has 1 aliphatic rings. The molecule has 1 aromatic carbocycles. The highest BCUT2D eigenvalue weighted by Gasteiger charge is 2.26. The SMILES string of the molecule is NC(=O)c1n[nH]c2ccc(Nc3nccn4nc(C5CC5)cc34)cc12. The normalized spacial score (nSPS) is 14.2. The molecule has 0 spiro atoms. The van der Waals surface area contributed by atoms with Crippen molar-refractivity contribution in [2.24, 2.45) is 5.73 Å². The monoisotopic (exact) mass is 333 g/mol. The Morgan fingerprint density at radius 2 is 2.20 bits per heavy atom. The van der Waals surface area contributed by atoms with E-state index in [1.165, 1.54) is 12.8 Å². The van der Waals surface area contributed by atoms with E-state index in [0.717, 1.165) is 22.4 Å². The Hall–Kier alpha value is -3.42. The second-order valence-electron chi connectivity index (χ2n) is 6.27. The Labute approximate surface area is 142 Å². The number of H-pyrrole nitrogens is 1. The highest BCUT2D eigenvalue weighted by Crippen LogP contribution is 2.40. The van der Waals surface area contributed by atoms with Gasteiger partial charge in [0.05, 0.1) is 11.2 Å². The Kier molecular flexibility index (Phi) is 2.81. The number of aromatic amines is 1. The molecule has 4 N–H and O–H groups in total. The van der Waals surface area contributed by atoms with Gasteiger partial charge in [0.15, 0.2) is 11.5 Å². The van der Waals surface area contributed by atoms with Crippen LogP contribution in [0.2, 0.25) is 0 Å². The quantitative estimate of drug-likeness (QED) is 0.530. The van der Waals surface area contributed by atoms with Crippen molar-refractivity contribution in [1.82, 2.24) is 24.8 Å². The van der Waals surface area contributed by atoms with Crippen LogP contribution in [0.3, 0.4) is 0 Å². The molecular weight excluding hydrogens is 318 g/mol. The molecule has 3 aromatic heterocycles. The number of nitrogens with zero attached hydrogens (tertiary/aromatic N) is 4. The standard InChI is InChI=1S/C17H15N7O/c18-16(25)15-11-7-10(3-4-12(11)21-22-15)20-17-14-8-13(9-1-2-9)23-24(14)6-5-19-17/h3-9H,1-2H2,(H2,18,25)(H,19,20)(H,21,22). The van der Waals surface area contributed by atoms with Gasteiger partial charge in [-0.05, 0) is 37.1 Å². The highest BCUT2D eigenvalue weighted by molar-refractivity contribution is 6.04. The second kappa shape index (κ2) is 5.04. The molecule has 0 saturated heterocycles. The van der Waals surface area contributed by atoms with E-state index in [4.69, 9.17) is 5.73 Å². The van der Waals surface area contributed by atoms with Gasteiger partial charge in [-0.25, -0.2) is 9.50 Å². The molecule has 1 aliphatic carbocycles. The van der Waals surface area contributed by atoms with Gasteiger partial charge in [0.2, 0.25) is 0 Å².